The lowest BCUT2D eigenvalue weighted by Gasteiger charge is -2.29. The molecule has 3 heteroatoms. The molecule has 3 nitrogen and oxygen atoms in total. The molecule has 0 bridgehead atoms. The number of hydrogen-bond donors (Lipinski definition) is 2. The van der Waals surface area contributed by atoms with E-state index in [2.05, 4.69) is 41.4 Å². The van der Waals surface area contributed by atoms with Gasteiger partial charge in [0.2, 0.25) is 0 Å². The topological polar surface area (TPSA) is 35.5 Å². The first kappa shape index (κ1) is 16.8. The van der Waals surface area contributed by atoms with Gasteiger partial charge in [-0.15, -0.1) is 0 Å². The summed E-state index contributed by atoms with van der Waals surface area (Å²) >= 11 is 0. The van der Waals surface area contributed by atoms with E-state index in [4.69, 9.17) is 0 Å². The Bertz CT molecular complexity index is 467. The van der Waals surface area contributed by atoms with Gasteiger partial charge in [-0.1, -0.05) is 18.6 Å². The molecule has 128 valence electrons. The summed E-state index contributed by atoms with van der Waals surface area (Å²) < 4.78 is 0. The molecule has 1 saturated carbocycles. The third-order valence-electron chi connectivity index (χ3n) is 5.58. The zero-order valence-electron chi connectivity index (χ0n) is 14.5. The van der Waals surface area contributed by atoms with Gasteiger partial charge < -0.3 is 15.3 Å². The van der Waals surface area contributed by atoms with Gasteiger partial charge in [-0.25, -0.2) is 0 Å². The smallest absolute Gasteiger partial charge is 0.0543 e. The van der Waals surface area contributed by atoms with Crippen LogP contribution in [0.4, 0.5) is 5.69 Å². The lowest BCUT2D eigenvalue weighted by Crippen LogP contribution is -2.31. The van der Waals surface area contributed by atoms with E-state index < -0.39 is 0 Å². The molecular weight excluding hydrogens is 284 g/mol. The Morgan fingerprint density at radius 1 is 1.09 bits per heavy atom. The zero-order valence-corrected chi connectivity index (χ0v) is 14.5. The van der Waals surface area contributed by atoms with Crippen molar-refractivity contribution in [1.29, 1.82) is 0 Å². The predicted molar refractivity (Wildman–Crippen MR) is 96.9 cm³/mol. The molecule has 2 aliphatic rings. The van der Waals surface area contributed by atoms with Crippen LogP contribution in [0.15, 0.2) is 24.3 Å². The van der Waals surface area contributed by atoms with Crippen molar-refractivity contribution in [2.45, 2.75) is 64.0 Å². The van der Waals surface area contributed by atoms with E-state index in [0.29, 0.717) is 12.0 Å². The minimum absolute atomic E-state index is 0.0744. The van der Waals surface area contributed by atoms with Crippen LogP contribution < -0.4 is 10.2 Å². The van der Waals surface area contributed by atoms with E-state index in [1.54, 1.807) is 0 Å². The Morgan fingerprint density at radius 3 is 2.52 bits per heavy atom. The molecule has 1 aromatic carbocycles. The van der Waals surface area contributed by atoms with Gasteiger partial charge >= 0.3 is 0 Å². The minimum Gasteiger partial charge on any atom is -0.393 e. The summed E-state index contributed by atoms with van der Waals surface area (Å²) in [5, 5.41) is 13.4. The van der Waals surface area contributed by atoms with Crippen molar-refractivity contribution in [3.05, 3.63) is 29.8 Å². The molecule has 0 radical (unpaired) electrons. The van der Waals surface area contributed by atoms with Gasteiger partial charge in [-0.2, -0.15) is 0 Å². The third kappa shape index (κ3) is 4.71. The molecule has 23 heavy (non-hydrogen) atoms. The summed E-state index contributed by atoms with van der Waals surface area (Å²) in [5.74, 6) is 0.633. The lowest BCUT2D eigenvalue weighted by atomic mass is 9.87. The van der Waals surface area contributed by atoms with Crippen LogP contribution in [0.5, 0.6) is 0 Å². The SMILES string of the molecule is CC(NCC1CCCC(O)C1)c1ccc(N2CCCCC2)cc1. The fourth-order valence-corrected chi connectivity index (χ4v) is 4.04. The largest absolute Gasteiger partial charge is 0.393 e. The van der Waals surface area contributed by atoms with E-state index in [-0.39, 0.29) is 6.10 Å². The van der Waals surface area contributed by atoms with E-state index in [9.17, 15) is 5.11 Å². The van der Waals surface area contributed by atoms with E-state index in [0.717, 1.165) is 19.4 Å². The number of anilines is 1. The minimum atomic E-state index is -0.0744. The van der Waals surface area contributed by atoms with Gasteiger partial charge in [0.25, 0.3) is 0 Å². The highest BCUT2D eigenvalue weighted by Gasteiger charge is 2.20. The van der Waals surface area contributed by atoms with Gasteiger partial charge in [-0.3, -0.25) is 0 Å². The maximum Gasteiger partial charge on any atom is 0.0543 e. The molecule has 1 aliphatic heterocycles. The second-order valence-corrected chi connectivity index (χ2v) is 7.46. The number of rotatable bonds is 5. The second-order valence-electron chi connectivity index (χ2n) is 7.46. The van der Waals surface area contributed by atoms with Gasteiger partial charge in [0, 0.05) is 24.8 Å². The molecule has 2 fully saturated rings. The first-order chi connectivity index (χ1) is 11.2. The molecule has 3 unspecified atom stereocenters. The van der Waals surface area contributed by atoms with Crippen LogP contribution in [0.1, 0.15) is 63.5 Å². The average Bonchev–Trinajstić information content (AvgIpc) is 2.61. The Hall–Kier alpha value is -1.06. The summed E-state index contributed by atoms with van der Waals surface area (Å²) in [6.45, 7) is 5.68. The highest BCUT2D eigenvalue weighted by Crippen LogP contribution is 2.25. The van der Waals surface area contributed by atoms with Crippen LogP contribution in [0.25, 0.3) is 0 Å². The molecular formula is C20H32N2O. The first-order valence-corrected chi connectivity index (χ1v) is 9.49. The van der Waals surface area contributed by atoms with Crippen molar-refractivity contribution in [3.8, 4) is 0 Å². The summed E-state index contributed by atoms with van der Waals surface area (Å²) in [6.07, 6.45) is 8.34. The molecule has 1 aliphatic carbocycles. The molecule has 0 amide bonds. The summed E-state index contributed by atoms with van der Waals surface area (Å²) in [5.41, 5.74) is 2.73. The fourth-order valence-electron chi connectivity index (χ4n) is 4.04. The molecule has 2 N–H and O–H groups in total. The van der Waals surface area contributed by atoms with E-state index in [1.165, 1.54) is 56.4 Å². The van der Waals surface area contributed by atoms with Crippen molar-refractivity contribution in [2.24, 2.45) is 5.92 Å². The summed E-state index contributed by atoms with van der Waals surface area (Å²) in [6, 6.07) is 9.49. The number of aliphatic hydroxyl groups is 1. The molecule has 3 atom stereocenters. The number of piperidine rings is 1. The van der Waals surface area contributed by atoms with Crippen LogP contribution >= 0.6 is 0 Å². The fraction of sp³-hybridized carbons (Fsp3) is 0.700. The van der Waals surface area contributed by atoms with Gasteiger partial charge in [0.05, 0.1) is 6.10 Å². The Kier molecular flexibility index (Phi) is 5.96. The Morgan fingerprint density at radius 2 is 1.83 bits per heavy atom. The zero-order chi connectivity index (χ0) is 16.1. The monoisotopic (exact) mass is 316 g/mol. The maximum atomic E-state index is 9.78. The number of nitrogens with zero attached hydrogens (tertiary/aromatic N) is 1. The van der Waals surface area contributed by atoms with Gasteiger partial charge in [-0.05, 0) is 75.6 Å². The average molecular weight is 316 g/mol. The number of hydrogen-bond acceptors (Lipinski definition) is 3. The van der Waals surface area contributed by atoms with Crippen molar-refractivity contribution in [1.82, 2.24) is 5.32 Å². The van der Waals surface area contributed by atoms with Crippen LogP contribution in [0.2, 0.25) is 0 Å². The molecule has 1 heterocycles. The quantitative estimate of drug-likeness (QED) is 0.865. The predicted octanol–water partition coefficient (Wildman–Crippen LogP) is 3.88. The van der Waals surface area contributed by atoms with Crippen molar-refractivity contribution >= 4 is 5.69 Å². The summed E-state index contributed by atoms with van der Waals surface area (Å²) in [7, 11) is 0. The van der Waals surface area contributed by atoms with E-state index in [1.807, 2.05) is 0 Å². The van der Waals surface area contributed by atoms with Crippen LogP contribution in [-0.2, 0) is 0 Å². The highest BCUT2D eigenvalue weighted by atomic mass is 16.3. The molecule has 1 aromatic rings. The van der Waals surface area contributed by atoms with Gasteiger partial charge in [0.1, 0.15) is 0 Å². The van der Waals surface area contributed by atoms with Crippen molar-refractivity contribution in [3.63, 3.8) is 0 Å². The number of nitrogens with one attached hydrogen (secondary N) is 1. The molecule has 0 spiro atoms. The Balaban J connectivity index is 1.49. The lowest BCUT2D eigenvalue weighted by molar-refractivity contribution is 0.0998. The maximum absolute atomic E-state index is 9.78. The Labute approximate surface area is 141 Å². The highest BCUT2D eigenvalue weighted by molar-refractivity contribution is 5.48. The van der Waals surface area contributed by atoms with Crippen LogP contribution in [0, 0.1) is 5.92 Å². The standard InChI is InChI=1S/C20H32N2O/c1-16(21-15-17-6-5-7-20(23)14-17)18-8-10-19(11-9-18)22-12-3-2-4-13-22/h8-11,16-17,20-21,23H,2-7,12-15H2,1H3. The first-order valence-electron chi connectivity index (χ1n) is 9.49. The summed E-state index contributed by atoms with van der Waals surface area (Å²) in [4.78, 5) is 2.51. The normalized spacial score (nSPS) is 27.0. The van der Waals surface area contributed by atoms with Crippen molar-refractivity contribution < 1.29 is 5.11 Å². The second kappa shape index (κ2) is 8.16. The number of benzene rings is 1. The van der Waals surface area contributed by atoms with E-state index >= 15 is 0 Å². The van der Waals surface area contributed by atoms with Gasteiger partial charge in [0.15, 0.2) is 0 Å². The van der Waals surface area contributed by atoms with Crippen LogP contribution in [0.3, 0.4) is 0 Å². The van der Waals surface area contributed by atoms with Crippen LogP contribution in [-0.4, -0.2) is 30.8 Å². The van der Waals surface area contributed by atoms with Crippen molar-refractivity contribution in [2.75, 3.05) is 24.5 Å². The molecule has 3 rings (SSSR count). The molecule has 1 saturated heterocycles. The third-order valence-corrected chi connectivity index (χ3v) is 5.58. The number of aliphatic hydroxyl groups excluding tert-OH is 1. The molecule has 0 aromatic heterocycles.